The lowest BCUT2D eigenvalue weighted by atomic mass is 10.0. The lowest BCUT2D eigenvalue weighted by Crippen LogP contribution is -2.53. The second-order valence-corrected chi connectivity index (χ2v) is 6.43. The van der Waals surface area contributed by atoms with Crippen LogP contribution in [0.5, 0.6) is 0 Å². The molecule has 0 aromatic carbocycles. The molecule has 0 aromatic heterocycles. The average molecular weight is 365 g/mol. The first-order valence-corrected chi connectivity index (χ1v) is 7.13. The zero-order valence-electron chi connectivity index (χ0n) is 12.2. The second kappa shape index (κ2) is 6.43. The van der Waals surface area contributed by atoms with E-state index < -0.39 is 45.4 Å². The maximum atomic E-state index is 13.8. The van der Waals surface area contributed by atoms with Crippen molar-refractivity contribution >= 4 is 22.1 Å². The van der Waals surface area contributed by atoms with Crippen LogP contribution in [-0.2, 0) is 29.2 Å². The Kier molecular flexibility index (Phi) is 5.96. The van der Waals surface area contributed by atoms with Gasteiger partial charge < -0.3 is 14.0 Å². The van der Waals surface area contributed by atoms with Crippen molar-refractivity contribution in [3.05, 3.63) is 12.2 Å². The minimum absolute atomic E-state index is 0.272. The third-order valence-electron chi connectivity index (χ3n) is 2.45. The van der Waals surface area contributed by atoms with Gasteiger partial charge in [0.25, 0.3) is 0 Å². The molecule has 0 saturated carbocycles. The zero-order valence-corrected chi connectivity index (χ0v) is 13.0. The van der Waals surface area contributed by atoms with Crippen molar-refractivity contribution in [2.24, 2.45) is 0 Å². The minimum atomic E-state index is -6.21. The molecule has 12 heteroatoms. The van der Waals surface area contributed by atoms with Gasteiger partial charge in [0.05, 0.1) is 0 Å². The van der Waals surface area contributed by atoms with E-state index in [1.807, 2.05) is 0 Å². The van der Waals surface area contributed by atoms with Crippen LogP contribution in [0, 0.1) is 0 Å². The van der Waals surface area contributed by atoms with E-state index in [1.165, 1.54) is 0 Å². The normalized spacial score (nSPS) is 13.4. The smallest absolute Gasteiger partial charge is 0.381 e. The van der Waals surface area contributed by atoms with Gasteiger partial charge in [-0.2, -0.15) is 17.6 Å². The Balaban J connectivity index is 5.17. The molecule has 7 nitrogen and oxygen atoms in total. The highest BCUT2D eigenvalue weighted by molar-refractivity contribution is 7.86. The Morgan fingerprint density at radius 2 is 1.61 bits per heavy atom. The van der Waals surface area contributed by atoms with Gasteiger partial charge in [-0.15, -0.1) is 0 Å². The van der Waals surface area contributed by atoms with E-state index in [0.29, 0.717) is 13.8 Å². The summed E-state index contributed by atoms with van der Waals surface area (Å²) in [5.41, 5.74) is -3.09. The Hall–Kier alpha value is -1.69. The SMILES string of the molecule is C=C(C)C(=O)OC(C)(C)C(F)(F)C(=O)OCC(F)(F)S(=O)(=O)[O-]. The van der Waals surface area contributed by atoms with E-state index in [-0.39, 0.29) is 5.57 Å². The maximum Gasteiger partial charge on any atom is 0.381 e. The molecule has 0 heterocycles. The van der Waals surface area contributed by atoms with Gasteiger partial charge in [0.1, 0.15) is 0 Å². The molecule has 0 aliphatic heterocycles. The molecular weight excluding hydrogens is 352 g/mol. The maximum absolute atomic E-state index is 13.8. The van der Waals surface area contributed by atoms with Crippen molar-refractivity contribution in [2.45, 2.75) is 37.5 Å². The highest BCUT2D eigenvalue weighted by atomic mass is 32.2. The zero-order chi connectivity index (χ0) is 18.9. The van der Waals surface area contributed by atoms with Crippen molar-refractivity contribution in [3.63, 3.8) is 0 Å². The summed E-state index contributed by atoms with van der Waals surface area (Å²) in [6, 6.07) is 0. The van der Waals surface area contributed by atoms with Crippen molar-refractivity contribution in [2.75, 3.05) is 6.61 Å². The largest absolute Gasteiger partial charge is 0.743 e. The van der Waals surface area contributed by atoms with Gasteiger partial charge in [0.2, 0.25) is 0 Å². The first-order valence-electron chi connectivity index (χ1n) is 5.73. The fourth-order valence-electron chi connectivity index (χ4n) is 0.941. The third-order valence-corrected chi connectivity index (χ3v) is 3.30. The molecule has 0 aromatic rings. The van der Waals surface area contributed by atoms with Crippen LogP contribution in [0.25, 0.3) is 0 Å². The topological polar surface area (TPSA) is 110 Å². The summed E-state index contributed by atoms with van der Waals surface area (Å²) in [5.74, 6) is -8.49. The van der Waals surface area contributed by atoms with E-state index in [4.69, 9.17) is 0 Å². The van der Waals surface area contributed by atoms with Crippen molar-refractivity contribution in [1.82, 2.24) is 0 Å². The molecular formula is C11H13F4O7S-. The summed E-state index contributed by atoms with van der Waals surface area (Å²) >= 11 is 0. The molecule has 0 radical (unpaired) electrons. The van der Waals surface area contributed by atoms with Crippen LogP contribution in [0.15, 0.2) is 12.2 Å². The number of halogens is 4. The molecule has 0 rings (SSSR count). The van der Waals surface area contributed by atoms with E-state index in [0.717, 1.165) is 6.92 Å². The fraction of sp³-hybridized carbons (Fsp3) is 0.636. The highest BCUT2D eigenvalue weighted by Gasteiger charge is 2.58. The lowest BCUT2D eigenvalue weighted by Gasteiger charge is -2.32. The number of carbonyl (C=O) groups is 2. The Labute approximate surface area is 129 Å². The van der Waals surface area contributed by atoms with Gasteiger partial charge in [-0.1, -0.05) is 6.58 Å². The van der Waals surface area contributed by atoms with Gasteiger partial charge >= 0.3 is 23.1 Å². The van der Waals surface area contributed by atoms with Crippen LogP contribution in [0.4, 0.5) is 17.6 Å². The van der Waals surface area contributed by atoms with Crippen LogP contribution in [0.3, 0.4) is 0 Å². The fourth-order valence-corrected chi connectivity index (χ4v) is 1.14. The van der Waals surface area contributed by atoms with E-state index in [1.54, 1.807) is 0 Å². The lowest BCUT2D eigenvalue weighted by molar-refractivity contribution is -0.219. The molecule has 0 aliphatic carbocycles. The molecule has 0 amide bonds. The second-order valence-electron chi connectivity index (χ2n) is 4.92. The number of ether oxygens (including phenoxy) is 2. The molecule has 0 N–H and O–H groups in total. The monoisotopic (exact) mass is 365 g/mol. The number of rotatable bonds is 7. The summed E-state index contributed by atoms with van der Waals surface area (Å²) in [4.78, 5) is 22.4. The number of esters is 2. The molecule has 0 aliphatic rings. The Bertz CT molecular complexity index is 610. The Morgan fingerprint density at radius 3 is 1.96 bits per heavy atom. The molecule has 23 heavy (non-hydrogen) atoms. The van der Waals surface area contributed by atoms with Crippen LogP contribution in [0.2, 0.25) is 0 Å². The number of hydrogen-bond donors (Lipinski definition) is 0. The molecule has 0 fully saturated rings. The van der Waals surface area contributed by atoms with Crippen molar-refractivity contribution in [3.8, 4) is 0 Å². The van der Waals surface area contributed by atoms with Gasteiger partial charge in [-0.25, -0.2) is 18.0 Å². The Morgan fingerprint density at radius 1 is 1.17 bits per heavy atom. The minimum Gasteiger partial charge on any atom is -0.743 e. The first kappa shape index (κ1) is 21.3. The van der Waals surface area contributed by atoms with Crippen LogP contribution < -0.4 is 0 Å². The molecule has 134 valence electrons. The quantitative estimate of drug-likeness (QED) is 0.288. The molecule has 0 spiro atoms. The highest BCUT2D eigenvalue weighted by Crippen LogP contribution is 2.34. The van der Waals surface area contributed by atoms with E-state index >= 15 is 0 Å². The van der Waals surface area contributed by atoms with Gasteiger partial charge in [-0.3, -0.25) is 0 Å². The number of hydrogen-bond acceptors (Lipinski definition) is 7. The molecule has 0 unspecified atom stereocenters. The summed E-state index contributed by atoms with van der Waals surface area (Å²) in [7, 11) is -6.21. The molecule has 0 atom stereocenters. The summed E-state index contributed by atoms with van der Waals surface area (Å²) < 4.78 is 91.5. The average Bonchev–Trinajstić information content (AvgIpc) is 2.33. The van der Waals surface area contributed by atoms with Crippen molar-refractivity contribution in [1.29, 1.82) is 0 Å². The predicted molar refractivity (Wildman–Crippen MR) is 65.5 cm³/mol. The summed E-state index contributed by atoms with van der Waals surface area (Å²) in [6.07, 6.45) is 0. The predicted octanol–water partition coefficient (Wildman–Crippen LogP) is 1.20. The number of alkyl halides is 4. The van der Waals surface area contributed by atoms with Gasteiger partial charge in [0.15, 0.2) is 22.3 Å². The van der Waals surface area contributed by atoms with Crippen LogP contribution in [-0.4, -0.2) is 48.3 Å². The van der Waals surface area contributed by atoms with Crippen LogP contribution >= 0.6 is 0 Å². The van der Waals surface area contributed by atoms with E-state index in [2.05, 4.69) is 16.1 Å². The van der Waals surface area contributed by atoms with Crippen LogP contribution in [0.1, 0.15) is 20.8 Å². The molecule has 0 saturated heterocycles. The van der Waals surface area contributed by atoms with Gasteiger partial charge in [-0.05, 0) is 20.8 Å². The molecule has 0 bridgehead atoms. The summed E-state index contributed by atoms with van der Waals surface area (Å²) in [5, 5.41) is -5.09. The van der Waals surface area contributed by atoms with Gasteiger partial charge in [0, 0.05) is 5.57 Å². The first-order chi connectivity index (χ1) is 9.96. The summed E-state index contributed by atoms with van der Waals surface area (Å²) in [6.45, 7) is 3.04. The number of carbonyl (C=O) groups excluding carboxylic acids is 2. The third kappa shape index (κ3) is 4.89. The van der Waals surface area contributed by atoms with E-state index in [9.17, 15) is 40.1 Å². The standard InChI is InChI=1S/C11H14F4O7S/c1-6(2)7(16)22-9(3,4)11(14,15)8(17)21-5-10(12,13)23(18,19)20/h1,5H2,2-4H3,(H,18,19,20)/p-1. The van der Waals surface area contributed by atoms with Crippen molar-refractivity contribution < 1.29 is 49.6 Å².